The van der Waals surface area contributed by atoms with Crippen LogP contribution in [0.3, 0.4) is 0 Å². The summed E-state index contributed by atoms with van der Waals surface area (Å²) in [6.45, 7) is 1.68. The van der Waals surface area contributed by atoms with Gasteiger partial charge in [0.25, 0.3) is 5.69 Å². The lowest BCUT2D eigenvalue weighted by atomic mass is 10.1. The highest BCUT2D eigenvalue weighted by Crippen LogP contribution is 2.21. The number of aryl methyl sites for hydroxylation is 1. The number of hydrogen-bond donors (Lipinski definition) is 0. The molecular formula is C23H17N3O4. The first-order chi connectivity index (χ1) is 14.5. The molecular weight excluding hydrogens is 382 g/mol. The zero-order valence-electron chi connectivity index (χ0n) is 16.1. The standard InChI is InChI=1S/C23H17N3O4/c1-15-12-18(10-11-22(15)26(28)29)23(27)30-14-16-6-8-17(9-7-16)21-13-24-19-4-2-3-5-20(19)25-21/h2-13H,14H2,1H3. The molecule has 0 saturated heterocycles. The molecule has 0 aliphatic rings. The Morgan fingerprint density at radius 3 is 2.47 bits per heavy atom. The zero-order chi connectivity index (χ0) is 21.1. The number of nitrogens with zero attached hydrogens (tertiary/aromatic N) is 3. The van der Waals surface area contributed by atoms with Crippen LogP contribution in [0.25, 0.3) is 22.3 Å². The summed E-state index contributed by atoms with van der Waals surface area (Å²) < 4.78 is 5.34. The molecule has 4 aromatic rings. The monoisotopic (exact) mass is 399 g/mol. The molecule has 7 nitrogen and oxygen atoms in total. The molecule has 0 bridgehead atoms. The van der Waals surface area contributed by atoms with Crippen LogP contribution in [0, 0.1) is 17.0 Å². The van der Waals surface area contributed by atoms with E-state index in [9.17, 15) is 14.9 Å². The number of carbonyl (C=O) groups is 1. The molecule has 4 rings (SSSR count). The Balaban J connectivity index is 1.44. The predicted molar refractivity (Wildman–Crippen MR) is 112 cm³/mol. The van der Waals surface area contributed by atoms with E-state index in [4.69, 9.17) is 4.74 Å². The van der Waals surface area contributed by atoms with Gasteiger partial charge in [-0.3, -0.25) is 15.1 Å². The van der Waals surface area contributed by atoms with Crippen molar-refractivity contribution in [2.45, 2.75) is 13.5 Å². The van der Waals surface area contributed by atoms with Gasteiger partial charge in [-0.1, -0.05) is 36.4 Å². The van der Waals surface area contributed by atoms with Crippen LogP contribution in [0.4, 0.5) is 5.69 Å². The van der Waals surface area contributed by atoms with Crippen LogP contribution in [-0.4, -0.2) is 20.9 Å². The van der Waals surface area contributed by atoms with E-state index in [0.717, 1.165) is 27.9 Å². The van der Waals surface area contributed by atoms with Crippen molar-refractivity contribution in [2.75, 3.05) is 0 Å². The summed E-state index contributed by atoms with van der Waals surface area (Å²) in [6.07, 6.45) is 1.73. The lowest BCUT2D eigenvalue weighted by molar-refractivity contribution is -0.385. The van der Waals surface area contributed by atoms with Gasteiger partial charge < -0.3 is 4.74 Å². The molecule has 7 heteroatoms. The van der Waals surface area contributed by atoms with Gasteiger partial charge in [0.2, 0.25) is 0 Å². The number of carbonyl (C=O) groups excluding carboxylic acids is 1. The minimum atomic E-state index is -0.530. The number of nitro groups is 1. The highest BCUT2D eigenvalue weighted by atomic mass is 16.6. The average Bonchev–Trinajstić information content (AvgIpc) is 2.77. The number of rotatable bonds is 5. The minimum Gasteiger partial charge on any atom is -0.457 e. The maximum absolute atomic E-state index is 12.3. The molecule has 1 heterocycles. The maximum Gasteiger partial charge on any atom is 0.338 e. The van der Waals surface area contributed by atoms with E-state index in [2.05, 4.69) is 9.97 Å². The van der Waals surface area contributed by atoms with Crippen LogP contribution < -0.4 is 0 Å². The summed E-state index contributed by atoms with van der Waals surface area (Å²) in [7, 11) is 0. The number of para-hydroxylation sites is 2. The number of fused-ring (bicyclic) bond motifs is 1. The Morgan fingerprint density at radius 1 is 1.03 bits per heavy atom. The molecule has 0 aliphatic heterocycles. The molecule has 0 atom stereocenters. The Kier molecular flexibility index (Phi) is 5.17. The molecule has 0 aliphatic carbocycles. The van der Waals surface area contributed by atoms with E-state index in [1.54, 1.807) is 13.1 Å². The molecule has 3 aromatic carbocycles. The molecule has 0 amide bonds. The van der Waals surface area contributed by atoms with Crippen molar-refractivity contribution >= 4 is 22.7 Å². The van der Waals surface area contributed by atoms with Gasteiger partial charge in [0, 0.05) is 17.2 Å². The van der Waals surface area contributed by atoms with Crippen LogP contribution in [-0.2, 0) is 11.3 Å². The average molecular weight is 399 g/mol. The van der Waals surface area contributed by atoms with Gasteiger partial charge >= 0.3 is 5.97 Å². The molecule has 0 spiro atoms. The van der Waals surface area contributed by atoms with E-state index < -0.39 is 10.9 Å². The lowest BCUT2D eigenvalue weighted by Crippen LogP contribution is -2.06. The van der Waals surface area contributed by atoms with E-state index in [1.807, 2.05) is 48.5 Å². The van der Waals surface area contributed by atoms with Crippen molar-refractivity contribution < 1.29 is 14.5 Å². The lowest BCUT2D eigenvalue weighted by Gasteiger charge is -2.07. The predicted octanol–water partition coefficient (Wildman–Crippen LogP) is 4.87. The van der Waals surface area contributed by atoms with E-state index in [1.165, 1.54) is 18.2 Å². The maximum atomic E-state index is 12.3. The number of nitro benzene ring substituents is 1. The molecule has 0 unspecified atom stereocenters. The molecule has 0 saturated carbocycles. The Morgan fingerprint density at radius 2 is 1.77 bits per heavy atom. The SMILES string of the molecule is Cc1cc(C(=O)OCc2ccc(-c3cnc4ccccc4n3)cc2)ccc1[N+](=O)[O-]. The van der Waals surface area contributed by atoms with Crippen LogP contribution in [0.5, 0.6) is 0 Å². The second-order valence-corrected chi connectivity index (χ2v) is 6.78. The van der Waals surface area contributed by atoms with Crippen molar-refractivity contribution in [2.24, 2.45) is 0 Å². The normalized spacial score (nSPS) is 10.7. The topological polar surface area (TPSA) is 95.2 Å². The van der Waals surface area contributed by atoms with E-state index in [0.29, 0.717) is 5.56 Å². The summed E-state index contributed by atoms with van der Waals surface area (Å²) in [5, 5.41) is 10.9. The highest BCUT2D eigenvalue weighted by Gasteiger charge is 2.14. The second-order valence-electron chi connectivity index (χ2n) is 6.78. The molecule has 30 heavy (non-hydrogen) atoms. The van der Waals surface area contributed by atoms with Gasteiger partial charge in [-0.05, 0) is 36.8 Å². The Bertz CT molecular complexity index is 1250. The summed E-state index contributed by atoms with van der Waals surface area (Å²) in [5.41, 5.74) is 4.82. The molecule has 0 fully saturated rings. The van der Waals surface area contributed by atoms with Crippen LogP contribution >= 0.6 is 0 Å². The number of aromatic nitrogens is 2. The van der Waals surface area contributed by atoms with Crippen molar-refractivity contribution in [3.05, 3.63) is 99.7 Å². The zero-order valence-corrected chi connectivity index (χ0v) is 16.1. The smallest absolute Gasteiger partial charge is 0.338 e. The van der Waals surface area contributed by atoms with Gasteiger partial charge in [0.15, 0.2) is 0 Å². The number of ether oxygens (including phenoxy) is 1. The molecule has 0 N–H and O–H groups in total. The van der Waals surface area contributed by atoms with Crippen LogP contribution in [0.2, 0.25) is 0 Å². The van der Waals surface area contributed by atoms with Gasteiger partial charge in [-0.2, -0.15) is 0 Å². The van der Waals surface area contributed by atoms with Crippen LogP contribution in [0.15, 0.2) is 72.9 Å². The molecule has 1 aromatic heterocycles. The summed E-state index contributed by atoms with van der Waals surface area (Å²) in [6, 6.07) is 19.4. The first kappa shape index (κ1) is 19.2. The van der Waals surface area contributed by atoms with E-state index in [-0.39, 0.29) is 17.9 Å². The first-order valence-corrected chi connectivity index (χ1v) is 9.24. The number of esters is 1. The fourth-order valence-electron chi connectivity index (χ4n) is 3.09. The van der Waals surface area contributed by atoms with Crippen molar-refractivity contribution in [1.82, 2.24) is 9.97 Å². The van der Waals surface area contributed by atoms with Gasteiger partial charge in [-0.25, -0.2) is 9.78 Å². The highest BCUT2D eigenvalue weighted by molar-refractivity contribution is 5.90. The largest absolute Gasteiger partial charge is 0.457 e. The Labute approximate surface area is 172 Å². The molecule has 0 radical (unpaired) electrons. The summed E-state index contributed by atoms with van der Waals surface area (Å²) in [5.74, 6) is -0.530. The summed E-state index contributed by atoms with van der Waals surface area (Å²) >= 11 is 0. The number of hydrogen-bond acceptors (Lipinski definition) is 6. The van der Waals surface area contributed by atoms with Gasteiger partial charge in [-0.15, -0.1) is 0 Å². The second kappa shape index (κ2) is 8.08. The first-order valence-electron chi connectivity index (χ1n) is 9.24. The third-order valence-corrected chi connectivity index (χ3v) is 4.70. The van der Waals surface area contributed by atoms with Crippen molar-refractivity contribution in [3.63, 3.8) is 0 Å². The quantitative estimate of drug-likeness (QED) is 0.270. The Hall–Kier alpha value is -4.13. The fourth-order valence-corrected chi connectivity index (χ4v) is 3.09. The van der Waals surface area contributed by atoms with Crippen molar-refractivity contribution in [3.8, 4) is 11.3 Å². The number of benzene rings is 3. The van der Waals surface area contributed by atoms with Gasteiger partial charge in [0.1, 0.15) is 6.61 Å². The van der Waals surface area contributed by atoms with Crippen molar-refractivity contribution in [1.29, 1.82) is 0 Å². The minimum absolute atomic E-state index is 0.0288. The third-order valence-electron chi connectivity index (χ3n) is 4.70. The third kappa shape index (κ3) is 4.00. The molecule has 148 valence electrons. The van der Waals surface area contributed by atoms with Gasteiger partial charge in [0.05, 0.1) is 33.4 Å². The van der Waals surface area contributed by atoms with Crippen LogP contribution in [0.1, 0.15) is 21.5 Å². The summed E-state index contributed by atoms with van der Waals surface area (Å²) in [4.78, 5) is 31.7. The fraction of sp³-hybridized carbons (Fsp3) is 0.0870. The van der Waals surface area contributed by atoms with E-state index >= 15 is 0 Å².